The molecular weight excluding hydrogens is 262 g/mol. The fraction of sp³-hybridized carbons (Fsp3) is 0.625. The standard InChI is InChI=1S/C16H24F2O2/c17-15(18)12-7-5-3-1-2-4-6-9-13-10-8-11-14(19)16(13)20/h8,10-11,15,19-20H,1-7,9,12H2/p-2. The molecular formula is C16H22F2O2-2. The van der Waals surface area contributed by atoms with E-state index in [4.69, 9.17) is 0 Å². The van der Waals surface area contributed by atoms with E-state index in [1.54, 1.807) is 12.1 Å². The molecule has 114 valence electrons. The van der Waals surface area contributed by atoms with Crippen LogP contribution in [0.3, 0.4) is 0 Å². The number of alkyl halides is 2. The van der Waals surface area contributed by atoms with Crippen LogP contribution in [-0.2, 0) is 6.42 Å². The van der Waals surface area contributed by atoms with Crippen molar-refractivity contribution >= 4 is 0 Å². The SMILES string of the molecule is [O-]c1cccc(CCCCCCCCCC(F)F)c1[O-]. The molecule has 1 rings (SSSR count). The molecule has 0 N–H and O–H groups in total. The number of benzene rings is 1. The molecule has 0 bridgehead atoms. The van der Waals surface area contributed by atoms with E-state index in [2.05, 4.69) is 0 Å². The monoisotopic (exact) mass is 284 g/mol. The van der Waals surface area contributed by atoms with Crippen LogP contribution in [0, 0.1) is 0 Å². The van der Waals surface area contributed by atoms with Crippen molar-refractivity contribution in [1.82, 2.24) is 0 Å². The van der Waals surface area contributed by atoms with Gasteiger partial charge in [0, 0.05) is 6.42 Å². The van der Waals surface area contributed by atoms with Crippen molar-refractivity contribution in [3.63, 3.8) is 0 Å². The van der Waals surface area contributed by atoms with Crippen molar-refractivity contribution in [2.24, 2.45) is 0 Å². The highest BCUT2D eigenvalue weighted by molar-refractivity contribution is 5.42. The highest BCUT2D eigenvalue weighted by Gasteiger charge is 2.01. The van der Waals surface area contributed by atoms with E-state index in [0.29, 0.717) is 18.4 Å². The van der Waals surface area contributed by atoms with Gasteiger partial charge in [0.15, 0.2) is 0 Å². The molecule has 0 amide bonds. The quantitative estimate of drug-likeness (QED) is 0.614. The fourth-order valence-corrected chi connectivity index (χ4v) is 2.26. The van der Waals surface area contributed by atoms with Crippen molar-refractivity contribution in [1.29, 1.82) is 0 Å². The summed E-state index contributed by atoms with van der Waals surface area (Å²) in [6.07, 6.45) is 4.98. The van der Waals surface area contributed by atoms with Crippen molar-refractivity contribution in [2.75, 3.05) is 0 Å². The zero-order chi connectivity index (χ0) is 14.8. The Bertz CT molecular complexity index is 381. The number of rotatable bonds is 10. The van der Waals surface area contributed by atoms with Crippen LogP contribution in [-0.4, -0.2) is 6.43 Å². The van der Waals surface area contributed by atoms with E-state index in [1.807, 2.05) is 0 Å². The van der Waals surface area contributed by atoms with Gasteiger partial charge in [0.2, 0.25) is 6.43 Å². The Morgan fingerprint density at radius 3 is 2.10 bits per heavy atom. The van der Waals surface area contributed by atoms with Crippen molar-refractivity contribution in [3.8, 4) is 11.5 Å². The van der Waals surface area contributed by atoms with Gasteiger partial charge in [0.25, 0.3) is 0 Å². The third-order valence-corrected chi connectivity index (χ3v) is 3.43. The van der Waals surface area contributed by atoms with Gasteiger partial charge in [0.05, 0.1) is 0 Å². The Balaban J connectivity index is 2.01. The molecule has 1 aromatic carbocycles. The van der Waals surface area contributed by atoms with E-state index >= 15 is 0 Å². The zero-order valence-corrected chi connectivity index (χ0v) is 11.7. The molecule has 0 unspecified atom stereocenters. The first-order chi connectivity index (χ1) is 9.61. The van der Waals surface area contributed by atoms with Crippen molar-refractivity contribution < 1.29 is 19.0 Å². The highest BCUT2D eigenvalue weighted by Crippen LogP contribution is 2.24. The van der Waals surface area contributed by atoms with Crippen LogP contribution in [0.2, 0.25) is 0 Å². The summed E-state index contributed by atoms with van der Waals surface area (Å²) in [6, 6.07) is 4.64. The Kier molecular flexibility index (Phi) is 8.00. The van der Waals surface area contributed by atoms with E-state index in [0.717, 1.165) is 38.5 Å². The van der Waals surface area contributed by atoms with Crippen LogP contribution in [0.25, 0.3) is 0 Å². The number of aryl methyl sites for hydroxylation is 1. The average molecular weight is 284 g/mol. The van der Waals surface area contributed by atoms with Crippen molar-refractivity contribution in [3.05, 3.63) is 23.8 Å². The summed E-state index contributed by atoms with van der Waals surface area (Å²) in [4.78, 5) is 0. The van der Waals surface area contributed by atoms with Gasteiger partial charge < -0.3 is 10.2 Å². The van der Waals surface area contributed by atoms with Gasteiger partial charge in [0.1, 0.15) is 0 Å². The molecule has 0 heterocycles. The lowest BCUT2D eigenvalue weighted by Crippen LogP contribution is -2.03. The van der Waals surface area contributed by atoms with Gasteiger partial charge in [-0.15, -0.1) is 11.5 Å². The summed E-state index contributed by atoms with van der Waals surface area (Å²) in [6.45, 7) is 0. The maximum Gasteiger partial charge on any atom is 0.238 e. The Labute approximate surface area is 119 Å². The molecule has 0 aliphatic heterocycles. The molecule has 20 heavy (non-hydrogen) atoms. The molecule has 0 fully saturated rings. The number of para-hydroxylation sites is 1. The number of halogens is 2. The van der Waals surface area contributed by atoms with E-state index < -0.39 is 12.2 Å². The van der Waals surface area contributed by atoms with Crippen LogP contribution >= 0.6 is 0 Å². The normalized spacial score (nSPS) is 11.2. The zero-order valence-electron chi connectivity index (χ0n) is 11.7. The highest BCUT2D eigenvalue weighted by atomic mass is 19.3. The molecule has 0 spiro atoms. The molecule has 0 atom stereocenters. The third kappa shape index (κ3) is 6.73. The minimum absolute atomic E-state index is 0.0117. The Morgan fingerprint density at radius 1 is 0.850 bits per heavy atom. The van der Waals surface area contributed by atoms with Gasteiger partial charge in [-0.05, 0) is 19.3 Å². The third-order valence-electron chi connectivity index (χ3n) is 3.43. The minimum Gasteiger partial charge on any atom is -0.873 e. The topological polar surface area (TPSA) is 46.1 Å². The fourth-order valence-electron chi connectivity index (χ4n) is 2.26. The van der Waals surface area contributed by atoms with Gasteiger partial charge in [-0.2, -0.15) is 0 Å². The summed E-state index contributed by atoms with van der Waals surface area (Å²) in [5.74, 6) is -0.805. The lowest BCUT2D eigenvalue weighted by Gasteiger charge is -2.21. The van der Waals surface area contributed by atoms with E-state index in [9.17, 15) is 19.0 Å². The van der Waals surface area contributed by atoms with Gasteiger partial charge in [-0.1, -0.05) is 55.9 Å². The first kappa shape index (κ1) is 16.7. The van der Waals surface area contributed by atoms with Gasteiger partial charge in [-0.25, -0.2) is 8.78 Å². The minimum atomic E-state index is -2.17. The summed E-state index contributed by atoms with van der Waals surface area (Å²) in [5, 5.41) is 22.6. The van der Waals surface area contributed by atoms with Gasteiger partial charge >= 0.3 is 0 Å². The number of hydrogen-bond donors (Lipinski definition) is 0. The molecule has 1 aromatic rings. The first-order valence-corrected chi connectivity index (χ1v) is 7.35. The predicted octanol–water partition coefficient (Wildman–Crippen LogP) is 3.76. The second kappa shape index (κ2) is 9.56. The number of unbranched alkanes of at least 4 members (excludes halogenated alkanes) is 6. The van der Waals surface area contributed by atoms with E-state index in [-0.39, 0.29) is 12.2 Å². The molecule has 0 aliphatic carbocycles. The molecule has 0 radical (unpaired) electrons. The Morgan fingerprint density at radius 2 is 1.45 bits per heavy atom. The second-order valence-corrected chi connectivity index (χ2v) is 5.15. The lowest BCUT2D eigenvalue weighted by molar-refractivity contribution is -0.318. The Hall–Kier alpha value is -1.32. The van der Waals surface area contributed by atoms with Crippen LogP contribution in [0.15, 0.2) is 18.2 Å². The van der Waals surface area contributed by atoms with Crippen LogP contribution < -0.4 is 10.2 Å². The molecule has 0 aliphatic rings. The van der Waals surface area contributed by atoms with Crippen LogP contribution in [0.5, 0.6) is 11.5 Å². The number of hydrogen-bond acceptors (Lipinski definition) is 2. The first-order valence-electron chi connectivity index (χ1n) is 7.35. The smallest absolute Gasteiger partial charge is 0.238 e. The maximum atomic E-state index is 11.9. The molecule has 0 saturated carbocycles. The summed E-state index contributed by atoms with van der Waals surface area (Å²) in [7, 11) is 0. The average Bonchev–Trinajstić information content (AvgIpc) is 2.41. The molecule has 2 nitrogen and oxygen atoms in total. The largest absolute Gasteiger partial charge is 0.873 e. The molecule has 0 aromatic heterocycles. The summed E-state index contributed by atoms with van der Waals surface area (Å²) in [5.41, 5.74) is 0.606. The molecule has 0 saturated heterocycles. The van der Waals surface area contributed by atoms with Gasteiger partial charge in [-0.3, -0.25) is 0 Å². The van der Waals surface area contributed by atoms with Crippen LogP contribution in [0.1, 0.15) is 56.9 Å². The maximum absolute atomic E-state index is 11.9. The summed E-state index contributed by atoms with van der Waals surface area (Å²) < 4.78 is 23.8. The summed E-state index contributed by atoms with van der Waals surface area (Å²) >= 11 is 0. The van der Waals surface area contributed by atoms with Crippen LogP contribution in [0.4, 0.5) is 8.78 Å². The molecule has 4 heteroatoms. The van der Waals surface area contributed by atoms with E-state index in [1.165, 1.54) is 6.07 Å². The van der Waals surface area contributed by atoms with Crippen molar-refractivity contribution in [2.45, 2.75) is 64.2 Å². The predicted molar refractivity (Wildman–Crippen MR) is 72.0 cm³/mol. The lowest BCUT2D eigenvalue weighted by atomic mass is 10.0. The second-order valence-electron chi connectivity index (χ2n) is 5.15.